The maximum absolute atomic E-state index is 9.94. The number of aromatic hydroxyl groups is 1. The molecule has 1 rings (SSSR count). The van der Waals surface area contributed by atoms with Crippen LogP contribution in [0.3, 0.4) is 0 Å². The van der Waals surface area contributed by atoms with Gasteiger partial charge < -0.3 is 10.4 Å². The Morgan fingerprint density at radius 1 is 1.44 bits per heavy atom. The highest BCUT2D eigenvalue weighted by atomic mass is 79.9. The van der Waals surface area contributed by atoms with Gasteiger partial charge in [0.1, 0.15) is 5.75 Å². The molecule has 1 aromatic rings. The molecule has 1 aromatic carbocycles. The van der Waals surface area contributed by atoms with E-state index in [2.05, 4.69) is 43.4 Å². The lowest BCUT2D eigenvalue weighted by Gasteiger charge is -2.16. The Bertz CT molecular complexity index is 360. The van der Waals surface area contributed by atoms with E-state index in [4.69, 9.17) is 0 Å². The van der Waals surface area contributed by atoms with E-state index in [-0.39, 0.29) is 6.04 Å². The summed E-state index contributed by atoms with van der Waals surface area (Å²) in [5, 5.41) is 13.3. The lowest BCUT2D eigenvalue weighted by Crippen LogP contribution is -2.21. The van der Waals surface area contributed by atoms with Crippen LogP contribution in [0.5, 0.6) is 5.75 Å². The number of hydrogen-bond donors (Lipinski definition) is 2. The lowest BCUT2D eigenvalue weighted by atomic mass is 10.1. The second-order valence-corrected chi connectivity index (χ2v) is 6.25. The Labute approximate surface area is 117 Å². The molecular formula is C11H15Br2NOS. The third-order valence-corrected chi connectivity index (χ3v) is 3.96. The summed E-state index contributed by atoms with van der Waals surface area (Å²) in [5.74, 6) is 1.38. The third-order valence-electron chi connectivity index (χ3n) is 2.28. The van der Waals surface area contributed by atoms with Gasteiger partial charge in [-0.3, -0.25) is 0 Å². The van der Waals surface area contributed by atoms with Crippen LogP contribution >= 0.6 is 43.6 Å². The molecule has 2 N–H and O–H groups in total. The number of thioether (sulfide) groups is 1. The first-order valence-electron chi connectivity index (χ1n) is 4.96. The number of nitrogens with one attached hydrogen (secondary N) is 1. The SMILES string of the molecule is CSCCNC(C)c1cc(Br)cc(Br)c1O. The molecule has 0 aliphatic heterocycles. The lowest BCUT2D eigenvalue weighted by molar-refractivity contribution is 0.451. The van der Waals surface area contributed by atoms with Gasteiger partial charge in [-0.25, -0.2) is 0 Å². The van der Waals surface area contributed by atoms with Gasteiger partial charge in [0.25, 0.3) is 0 Å². The van der Waals surface area contributed by atoms with Crippen LogP contribution in [0.1, 0.15) is 18.5 Å². The van der Waals surface area contributed by atoms with E-state index in [1.165, 1.54) is 0 Å². The molecule has 0 heterocycles. The van der Waals surface area contributed by atoms with Crippen molar-refractivity contribution in [2.45, 2.75) is 13.0 Å². The van der Waals surface area contributed by atoms with Crippen LogP contribution in [-0.4, -0.2) is 23.7 Å². The Hall–Kier alpha value is 0.290. The molecule has 1 atom stereocenters. The molecule has 0 spiro atoms. The smallest absolute Gasteiger partial charge is 0.134 e. The average Bonchev–Trinajstić information content (AvgIpc) is 2.23. The minimum absolute atomic E-state index is 0.140. The minimum Gasteiger partial charge on any atom is -0.506 e. The molecule has 0 radical (unpaired) electrons. The van der Waals surface area contributed by atoms with E-state index in [0.29, 0.717) is 5.75 Å². The Morgan fingerprint density at radius 2 is 2.12 bits per heavy atom. The van der Waals surface area contributed by atoms with Crippen LogP contribution in [0.2, 0.25) is 0 Å². The fourth-order valence-corrected chi connectivity index (χ4v) is 2.98. The highest BCUT2D eigenvalue weighted by Gasteiger charge is 2.13. The Balaban J connectivity index is 2.78. The molecule has 2 nitrogen and oxygen atoms in total. The zero-order valence-electron chi connectivity index (χ0n) is 9.26. The van der Waals surface area contributed by atoms with Gasteiger partial charge in [0.2, 0.25) is 0 Å². The molecule has 0 aliphatic carbocycles. The van der Waals surface area contributed by atoms with Crippen LogP contribution in [0.15, 0.2) is 21.1 Å². The van der Waals surface area contributed by atoms with Gasteiger partial charge in [-0.05, 0) is 41.2 Å². The van der Waals surface area contributed by atoms with Crippen molar-refractivity contribution < 1.29 is 5.11 Å². The van der Waals surface area contributed by atoms with Crippen LogP contribution in [-0.2, 0) is 0 Å². The quantitative estimate of drug-likeness (QED) is 0.772. The van der Waals surface area contributed by atoms with Crippen LogP contribution in [0, 0.1) is 0 Å². The van der Waals surface area contributed by atoms with E-state index < -0.39 is 0 Å². The van der Waals surface area contributed by atoms with Gasteiger partial charge in [0, 0.05) is 28.4 Å². The normalized spacial score (nSPS) is 12.8. The first kappa shape index (κ1) is 14.4. The highest BCUT2D eigenvalue weighted by Crippen LogP contribution is 2.34. The fraction of sp³-hybridized carbons (Fsp3) is 0.455. The molecule has 90 valence electrons. The monoisotopic (exact) mass is 367 g/mol. The van der Waals surface area contributed by atoms with E-state index >= 15 is 0 Å². The van der Waals surface area contributed by atoms with Gasteiger partial charge in [-0.1, -0.05) is 15.9 Å². The van der Waals surface area contributed by atoms with E-state index in [9.17, 15) is 5.11 Å². The number of hydrogen-bond acceptors (Lipinski definition) is 3. The Morgan fingerprint density at radius 3 is 2.75 bits per heavy atom. The summed E-state index contributed by atoms with van der Waals surface area (Å²) in [6.45, 7) is 2.99. The molecule has 0 saturated carbocycles. The van der Waals surface area contributed by atoms with Crippen molar-refractivity contribution in [3.63, 3.8) is 0 Å². The maximum atomic E-state index is 9.94. The molecule has 0 aliphatic rings. The van der Waals surface area contributed by atoms with E-state index in [0.717, 1.165) is 26.8 Å². The third kappa shape index (κ3) is 3.95. The van der Waals surface area contributed by atoms with E-state index in [1.807, 2.05) is 19.1 Å². The number of phenols is 1. The van der Waals surface area contributed by atoms with Crippen molar-refractivity contribution >= 4 is 43.6 Å². The summed E-state index contributed by atoms with van der Waals surface area (Å²) in [6, 6.07) is 3.92. The summed E-state index contributed by atoms with van der Waals surface area (Å²) < 4.78 is 1.68. The maximum Gasteiger partial charge on any atom is 0.134 e. The second kappa shape index (κ2) is 6.89. The zero-order chi connectivity index (χ0) is 12.1. The van der Waals surface area contributed by atoms with Gasteiger partial charge in [0.05, 0.1) is 4.47 Å². The number of rotatable bonds is 5. The number of benzene rings is 1. The topological polar surface area (TPSA) is 32.3 Å². The zero-order valence-corrected chi connectivity index (χ0v) is 13.2. The molecule has 0 amide bonds. The fourth-order valence-electron chi connectivity index (χ4n) is 1.40. The molecule has 0 saturated heterocycles. The van der Waals surface area contributed by atoms with Crippen LogP contribution < -0.4 is 5.32 Å². The summed E-state index contributed by atoms with van der Waals surface area (Å²) in [4.78, 5) is 0. The molecule has 16 heavy (non-hydrogen) atoms. The van der Waals surface area contributed by atoms with Crippen molar-refractivity contribution in [2.24, 2.45) is 0 Å². The summed E-state index contributed by atoms with van der Waals surface area (Å²) >= 11 is 8.57. The molecule has 0 fully saturated rings. The van der Waals surface area contributed by atoms with Crippen molar-refractivity contribution in [2.75, 3.05) is 18.6 Å². The van der Waals surface area contributed by atoms with Crippen molar-refractivity contribution in [3.8, 4) is 5.75 Å². The van der Waals surface area contributed by atoms with Gasteiger partial charge in [0.15, 0.2) is 0 Å². The molecule has 0 bridgehead atoms. The molecule has 1 unspecified atom stereocenters. The van der Waals surface area contributed by atoms with E-state index in [1.54, 1.807) is 11.8 Å². The average molecular weight is 369 g/mol. The first-order chi connectivity index (χ1) is 7.56. The standard InChI is InChI=1S/C11H15Br2NOS/c1-7(14-3-4-16-2)9-5-8(12)6-10(13)11(9)15/h5-7,14-15H,3-4H2,1-2H3. The van der Waals surface area contributed by atoms with Crippen molar-refractivity contribution in [1.29, 1.82) is 0 Å². The molecule has 0 aromatic heterocycles. The summed E-state index contributed by atoms with van der Waals surface area (Å²) in [5.41, 5.74) is 0.905. The summed E-state index contributed by atoms with van der Waals surface area (Å²) in [7, 11) is 0. The predicted octanol–water partition coefficient (Wildman–Crippen LogP) is 3.93. The first-order valence-corrected chi connectivity index (χ1v) is 7.94. The van der Waals surface area contributed by atoms with Crippen LogP contribution in [0.4, 0.5) is 0 Å². The van der Waals surface area contributed by atoms with Gasteiger partial charge in [-0.15, -0.1) is 0 Å². The Kier molecular flexibility index (Phi) is 6.18. The van der Waals surface area contributed by atoms with Crippen molar-refractivity contribution in [1.82, 2.24) is 5.32 Å². The van der Waals surface area contributed by atoms with Gasteiger partial charge in [-0.2, -0.15) is 11.8 Å². The summed E-state index contributed by atoms with van der Waals surface area (Å²) in [6.07, 6.45) is 2.08. The highest BCUT2D eigenvalue weighted by molar-refractivity contribution is 9.11. The second-order valence-electron chi connectivity index (χ2n) is 3.49. The number of halogens is 2. The minimum atomic E-state index is 0.140. The predicted molar refractivity (Wildman–Crippen MR) is 78.3 cm³/mol. The number of phenolic OH excluding ortho intramolecular Hbond substituents is 1. The molecule has 5 heteroatoms. The van der Waals surface area contributed by atoms with Gasteiger partial charge >= 0.3 is 0 Å². The largest absolute Gasteiger partial charge is 0.506 e. The molecular weight excluding hydrogens is 354 g/mol. The van der Waals surface area contributed by atoms with Crippen molar-refractivity contribution in [3.05, 3.63) is 26.6 Å². The van der Waals surface area contributed by atoms with Crippen LogP contribution in [0.25, 0.3) is 0 Å².